The van der Waals surface area contributed by atoms with Crippen molar-refractivity contribution < 1.29 is 41.4 Å². The van der Waals surface area contributed by atoms with Gasteiger partial charge in [-0.2, -0.15) is 0 Å². The zero-order chi connectivity index (χ0) is 72.8. The van der Waals surface area contributed by atoms with Crippen molar-refractivity contribution in [2.24, 2.45) is 5.73 Å². The molecule has 9 heterocycles. The van der Waals surface area contributed by atoms with Crippen molar-refractivity contribution in [3.05, 3.63) is 315 Å². The van der Waals surface area contributed by atoms with Crippen LogP contribution in [-0.4, -0.2) is 67.7 Å². The fraction of sp³-hybridized carbons (Fsp3) is 0.104. The van der Waals surface area contributed by atoms with Gasteiger partial charge in [0.1, 0.15) is 45.6 Å². The molecule has 526 valence electrons. The first-order chi connectivity index (χ1) is 49.5. The maximum Gasteiger partial charge on any atom is 0.335 e. The van der Waals surface area contributed by atoms with E-state index in [0.29, 0.717) is 145 Å². The number of aromatic nitrogens is 9. The second-order valence-electron chi connectivity index (χ2n) is 23.6. The third-order valence-corrected chi connectivity index (χ3v) is 18.0. The molecule has 9 aromatic heterocycles. The molecule has 0 saturated carbocycles. The van der Waals surface area contributed by atoms with Crippen LogP contribution < -0.4 is 16.4 Å². The summed E-state index contributed by atoms with van der Waals surface area (Å²) in [4.78, 5) is 70.0. The lowest BCUT2D eigenvalue weighted by Crippen LogP contribution is -2.23. The Balaban J connectivity index is 0.000000146. The molecule has 6 aromatic carbocycles. The van der Waals surface area contributed by atoms with Crippen LogP contribution in [0.3, 0.4) is 0 Å². The van der Waals surface area contributed by atoms with Crippen LogP contribution in [0.1, 0.15) is 94.5 Å². The number of aromatic carboxylic acids is 1. The molecule has 8 N–H and O–H groups in total. The summed E-state index contributed by atoms with van der Waals surface area (Å²) in [5.74, 6) is -4.06. The second-order valence-corrected chi connectivity index (χ2v) is 26.2. The lowest BCUT2D eigenvalue weighted by Gasteiger charge is -2.09. The van der Waals surface area contributed by atoms with Gasteiger partial charge >= 0.3 is 5.97 Å². The molecule has 2 amide bonds. The van der Waals surface area contributed by atoms with E-state index in [0.717, 1.165) is 21.5 Å². The Bertz CT molecular complexity index is 5570. The molecule has 0 fully saturated rings. The topological polar surface area (TPSA) is 246 Å². The fourth-order valence-corrected chi connectivity index (χ4v) is 12.6. The molecule has 0 bridgehead atoms. The standard InChI is InChI=1S/2C25H16Cl2F2N4O.C16H10ClFN2O2.C10H11ClN2.CH4/c2*26-17-6-15-3-13(5-22(29)24(15)32-11-17)4-18-7-14(1-2-30-18)25(34)33-10-16-8-19-20(27)12-31-23(19)9-21(16)28;17-12-6-11-3-9(5-14(18)15(11)20-8-12)4-13-7-10(16(21)22)1-2-19-13;1-6-2-10-8(3-7(6)4-12)9(11)5-13-10;/h2*1-3,5-9,11-12,31H,4,10H2,(H,33,34);1-3,5-8H,4H2,(H,21,22);2-3,5,13H,4,12H2,1H3;1H4. The van der Waals surface area contributed by atoms with Crippen molar-refractivity contribution >= 4 is 153 Å². The van der Waals surface area contributed by atoms with Gasteiger partial charge in [0.05, 0.1) is 35.7 Å². The Morgan fingerprint density at radius 1 is 0.433 bits per heavy atom. The first-order valence-corrected chi connectivity index (χ1v) is 33.5. The Morgan fingerprint density at radius 2 is 0.769 bits per heavy atom. The lowest BCUT2D eigenvalue weighted by atomic mass is 10.0. The maximum atomic E-state index is 14.5. The number of carbonyl (C=O) groups excluding carboxylic acids is 2. The van der Waals surface area contributed by atoms with E-state index in [4.69, 9.17) is 80.4 Å². The number of H-pyrrole nitrogens is 3. The molecule has 0 aliphatic carbocycles. The van der Waals surface area contributed by atoms with E-state index in [1.54, 1.807) is 91.4 Å². The van der Waals surface area contributed by atoms with Crippen molar-refractivity contribution in [2.75, 3.05) is 0 Å². The molecule has 0 atom stereocenters. The van der Waals surface area contributed by atoms with Gasteiger partial charge in [0.25, 0.3) is 11.8 Å². The number of nitrogens with one attached hydrogen (secondary N) is 5. The second kappa shape index (κ2) is 32.8. The number of hydrogen-bond acceptors (Lipinski definition) is 10. The predicted molar refractivity (Wildman–Crippen MR) is 400 cm³/mol. The number of pyridine rings is 6. The summed E-state index contributed by atoms with van der Waals surface area (Å²) in [5, 5.41) is 21.5. The highest BCUT2D eigenvalue weighted by molar-refractivity contribution is 6.36. The number of hydrogen-bond donors (Lipinski definition) is 7. The van der Waals surface area contributed by atoms with Gasteiger partial charge in [0, 0.05) is 183 Å². The van der Waals surface area contributed by atoms with Crippen LogP contribution in [0.5, 0.6) is 0 Å². The third kappa shape index (κ3) is 17.7. The third-order valence-electron chi connectivity index (χ3n) is 16.4. The summed E-state index contributed by atoms with van der Waals surface area (Å²) in [5.41, 5.74) is 16.1. The van der Waals surface area contributed by atoms with Crippen LogP contribution in [0.25, 0.3) is 65.4 Å². The van der Waals surface area contributed by atoms with Gasteiger partial charge in [-0.05, 0) is 162 Å². The normalized spacial score (nSPS) is 11.0. The molecule has 16 nitrogen and oxygen atoms in total. The van der Waals surface area contributed by atoms with Crippen LogP contribution >= 0.6 is 69.6 Å². The number of amides is 2. The molecule has 27 heteroatoms. The largest absolute Gasteiger partial charge is 0.478 e. The first kappa shape index (κ1) is 74.6. The Labute approximate surface area is 619 Å². The van der Waals surface area contributed by atoms with E-state index < -0.39 is 35.1 Å². The Morgan fingerprint density at radius 3 is 1.12 bits per heavy atom. The average Bonchev–Trinajstić information content (AvgIpc) is 1.28. The van der Waals surface area contributed by atoms with Crippen molar-refractivity contribution in [2.45, 2.75) is 53.2 Å². The monoisotopic (exact) mass is 1520 g/mol. The van der Waals surface area contributed by atoms with Crippen molar-refractivity contribution in [3.8, 4) is 0 Å². The summed E-state index contributed by atoms with van der Waals surface area (Å²) in [6.45, 7) is 2.59. The molecular weight excluding hydrogens is 1460 g/mol. The van der Waals surface area contributed by atoms with Gasteiger partial charge in [-0.1, -0.05) is 77.0 Å². The van der Waals surface area contributed by atoms with E-state index in [9.17, 15) is 36.3 Å². The zero-order valence-corrected chi connectivity index (χ0v) is 58.2. The van der Waals surface area contributed by atoms with Crippen LogP contribution in [0.2, 0.25) is 30.1 Å². The number of benzene rings is 6. The molecule has 0 aliphatic heterocycles. The number of carboxylic acid groups (broad SMARTS) is 1. The summed E-state index contributed by atoms with van der Waals surface area (Å²) in [7, 11) is 0. The predicted octanol–water partition coefficient (Wildman–Crippen LogP) is 19.4. The molecule has 0 spiro atoms. The zero-order valence-electron chi connectivity index (χ0n) is 53.7. The minimum atomic E-state index is -1.02. The summed E-state index contributed by atoms with van der Waals surface area (Å²) in [6, 6.07) is 33.7. The average molecular weight is 1520 g/mol. The number of aryl methyl sites for hydroxylation is 1. The quantitative estimate of drug-likeness (QED) is 0.0505. The van der Waals surface area contributed by atoms with Gasteiger partial charge in [-0.15, -0.1) is 0 Å². The molecule has 0 unspecified atom stereocenters. The molecule has 0 aliphatic rings. The number of carboxylic acids is 1. The molecule has 15 aromatic rings. The fourth-order valence-electron chi connectivity index (χ4n) is 11.4. The highest BCUT2D eigenvalue weighted by atomic mass is 35.5. The maximum absolute atomic E-state index is 14.5. The van der Waals surface area contributed by atoms with E-state index in [1.165, 1.54) is 85.2 Å². The Kier molecular flexibility index (Phi) is 23.5. The van der Waals surface area contributed by atoms with E-state index in [1.807, 2.05) is 6.07 Å². The molecular formula is C77H57Cl6F5N12O4. The molecule has 104 heavy (non-hydrogen) atoms. The number of halogens is 11. The van der Waals surface area contributed by atoms with Gasteiger partial charge in [0.15, 0.2) is 0 Å². The highest BCUT2D eigenvalue weighted by Crippen LogP contribution is 2.31. The molecule has 0 saturated heterocycles. The number of carbonyl (C=O) groups is 3. The van der Waals surface area contributed by atoms with Crippen molar-refractivity contribution in [1.82, 2.24) is 55.5 Å². The number of fused-ring (bicyclic) bond motifs is 6. The molecule has 0 radical (unpaired) electrons. The van der Waals surface area contributed by atoms with Crippen molar-refractivity contribution in [1.29, 1.82) is 0 Å². The van der Waals surface area contributed by atoms with Crippen LogP contribution in [0, 0.1) is 36.0 Å². The summed E-state index contributed by atoms with van der Waals surface area (Å²) >= 11 is 36.0. The summed E-state index contributed by atoms with van der Waals surface area (Å²) in [6.07, 6.45) is 14.5. The van der Waals surface area contributed by atoms with Gasteiger partial charge < -0.3 is 36.4 Å². The smallest absolute Gasteiger partial charge is 0.335 e. The van der Waals surface area contributed by atoms with Gasteiger partial charge in [-0.25, -0.2) is 26.7 Å². The number of aromatic amines is 3. The highest BCUT2D eigenvalue weighted by Gasteiger charge is 2.18. The lowest BCUT2D eigenvalue weighted by molar-refractivity contribution is 0.0695. The van der Waals surface area contributed by atoms with E-state index >= 15 is 0 Å². The Hall–Kier alpha value is -10.6. The van der Waals surface area contributed by atoms with Gasteiger partial charge in [-0.3, -0.25) is 39.5 Å². The number of rotatable bonds is 14. The number of nitrogens with zero attached hydrogens (tertiary/aromatic N) is 6. The van der Waals surface area contributed by atoms with Crippen LogP contribution in [-0.2, 0) is 38.9 Å². The summed E-state index contributed by atoms with van der Waals surface area (Å²) < 4.78 is 71.8. The minimum absolute atomic E-state index is 0. The minimum Gasteiger partial charge on any atom is -0.478 e. The van der Waals surface area contributed by atoms with Crippen molar-refractivity contribution in [3.63, 3.8) is 0 Å². The van der Waals surface area contributed by atoms with E-state index in [2.05, 4.69) is 68.5 Å². The van der Waals surface area contributed by atoms with Crippen LogP contribution in [0.15, 0.2) is 183 Å². The first-order valence-electron chi connectivity index (χ1n) is 31.2. The SMILES string of the molecule is C.Cc1cc2[nH]cc(Cl)c2cc1CN.O=C(NCc1cc2c(Cl)c[nH]c2cc1F)c1ccnc(Cc2cc(F)c3ncc(Cl)cc3c2)c1.O=C(NCc1cc2c(Cl)c[nH]c2cc1F)c1ccnc(Cc2cc(F)c3ncc(Cl)cc3c2)c1.O=C(O)c1ccnc(Cc2cc(F)c3ncc(Cl)cc3c2)c1. The van der Waals surface area contributed by atoms with Gasteiger partial charge in [0.2, 0.25) is 0 Å². The van der Waals surface area contributed by atoms with E-state index in [-0.39, 0.29) is 54.4 Å². The molecule has 15 rings (SSSR count). The number of nitrogens with two attached hydrogens (primary N) is 1. The van der Waals surface area contributed by atoms with Crippen LogP contribution in [0.4, 0.5) is 22.0 Å².